The van der Waals surface area contributed by atoms with Crippen molar-refractivity contribution in [2.24, 2.45) is 0 Å². The van der Waals surface area contributed by atoms with Gasteiger partial charge in [-0.1, -0.05) is 0 Å². The summed E-state index contributed by atoms with van der Waals surface area (Å²) >= 11 is 3.45. The van der Waals surface area contributed by atoms with Crippen molar-refractivity contribution in [2.45, 2.75) is 5.25 Å². The molecule has 0 bridgehead atoms. The molecule has 4 heteroatoms. The first-order valence-electron chi connectivity index (χ1n) is 8.07. The van der Waals surface area contributed by atoms with E-state index >= 15 is 0 Å². The zero-order valence-corrected chi connectivity index (χ0v) is 16.8. The molecule has 2 atom stereocenters. The molecule has 1 aliphatic heterocycles. The Morgan fingerprint density at radius 2 is 1.38 bits per heavy atom. The summed E-state index contributed by atoms with van der Waals surface area (Å²) in [7, 11) is 2.16. The fourth-order valence-electron chi connectivity index (χ4n) is 3.25. The van der Waals surface area contributed by atoms with Crippen LogP contribution < -0.4 is 13.1 Å². The van der Waals surface area contributed by atoms with Gasteiger partial charge in [0.2, 0.25) is 0 Å². The van der Waals surface area contributed by atoms with Crippen LogP contribution in [0.15, 0.2) is 84.9 Å². The molecule has 0 aromatic heterocycles. The molecule has 0 amide bonds. The van der Waals surface area contributed by atoms with Crippen LogP contribution in [0.25, 0.3) is 0 Å². The number of hydrogen-bond donors (Lipinski definition) is 1. The quantitative estimate of drug-likeness (QED) is 0.654. The molecule has 4 rings (SSSR count). The van der Waals surface area contributed by atoms with E-state index in [-0.39, 0.29) is 0 Å². The molecule has 0 spiro atoms. The molecule has 0 aliphatic carbocycles. The minimum absolute atomic E-state index is 0.502. The van der Waals surface area contributed by atoms with Gasteiger partial charge in [0, 0.05) is 0 Å². The van der Waals surface area contributed by atoms with Gasteiger partial charge < -0.3 is 0 Å². The number of benzene rings is 3. The molecule has 1 nitrogen and oxygen atoms in total. The second-order valence-electron chi connectivity index (χ2n) is 5.95. The SMILES string of the molecule is Clc1cc[c]([Ge]2([c]3ccccc3)[NH]CC(c3ccccc3)[S]2)cc1. The monoisotopic (exact) mass is 413 g/mol. The molecule has 1 heterocycles. The Balaban J connectivity index is 1.77. The number of nitrogens with one attached hydrogen (secondary N) is 1. The molecule has 1 aliphatic rings. The van der Waals surface area contributed by atoms with Gasteiger partial charge in [-0.15, -0.1) is 0 Å². The van der Waals surface area contributed by atoms with Crippen molar-refractivity contribution < 1.29 is 0 Å². The average Bonchev–Trinajstić information content (AvgIpc) is 3.10. The van der Waals surface area contributed by atoms with Gasteiger partial charge in [0.25, 0.3) is 0 Å². The van der Waals surface area contributed by atoms with Gasteiger partial charge in [0.15, 0.2) is 0 Å². The van der Waals surface area contributed by atoms with Crippen molar-refractivity contribution >= 4 is 42.8 Å². The third-order valence-electron chi connectivity index (χ3n) is 4.46. The van der Waals surface area contributed by atoms with E-state index in [9.17, 15) is 0 Å². The van der Waals surface area contributed by atoms with E-state index in [2.05, 4.69) is 87.2 Å². The third-order valence-corrected chi connectivity index (χ3v) is 19.3. The molecule has 1 saturated heterocycles. The maximum absolute atomic E-state index is 6.13. The van der Waals surface area contributed by atoms with Crippen molar-refractivity contribution in [1.29, 1.82) is 0 Å². The molecule has 0 radical (unpaired) electrons. The Hall–Kier alpha value is -1.20. The second kappa shape index (κ2) is 6.97. The van der Waals surface area contributed by atoms with Crippen molar-refractivity contribution in [3.05, 3.63) is 95.5 Å². The summed E-state index contributed by atoms with van der Waals surface area (Å²) in [4.78, 5) is 0. The van der Waals surface area contributed by atoms with Gasteiger partial charge >= 0.3 is 154 Å². The van der Waals surface area contributed by atoms with E-state index in [1.165, 1.54) is 14.4 Å². The third kappa shape index (κ3) is 3.04. The standard InChI is InChI=1S/C20H18ClGeNS/c21-17-11-13-19(14-12-17)22(18-9-5-2-6-10-18)23-15-20(24-22)16-7-3-1-4-8-16/h1-14,20,23H,15H2. The van der Waals surface area contributed by atoms with Crippen LogP contribution in [0.1, 0.15) is 10.8 Å². The molecule has 1 N–H and O–H groups in total. The van der Waals surface area contributed by atoms with E-state index in [4.69, 9.17) is 11.6 Å². The molecule has 2 unspecified atom stereocenters. The number of hydrogen-bond acceptors (Lipinski definition) is 2. The Labute approximate surface area is 154 Å². The normalized spacial score (nSPS) is 23.3. The molecule has 1 fully saturated rings. The predicted molar refractivity (Wildman–Crippen MR) is 108 cm³/mol. The van der Waals surface area contributed by atoms with Gasteiger partial charge in [-0.2, -0.15) is 0 Å². The summed E-state index contributed by atoms with van der Waals surface area (Å²) in [5, 5.41) is 1.30. The van der Waals surface area contributed by atoms with Crippen LogP contribution in [-0.2, 0) is 0 Å². The van der Waals surface area contributed by atoms with Crippen LogP contribution in [0, 0.1) is 0 Å². The van der Waals surface area contributed by atoms with Crippen LogP contribution in [0.4, 0.5) is 0 Å². The van der Waals surface area contributed by atoms with Crippen molar-refractivity contribution in [2.75, 3.05) is 6.54 Å². The Morgan fingerprint density at radius 1 is 0.792 bits per heavy atom. The van der Waals surface area contributed by atoms with Crippen LogP contribution in [0.3, 0.4) is 0 Å². The zero-order valence-electron chi connectivity index (χ0n) is 13.2. The van der Waals surface area contributed by atoms with Gasteiger partial charge in [-0.25, -0.2) is 0 Å². The maximum atomic E-state index is 6.13. The van der Waals surface area contributed by atoms with E-state index in [1.54, 1.807) is 0 Å². The van der Waals surface area contributed by atoms with Crippen molar-refractivity contribution in [3.63, 3.8) is 0 Å². The fraction of sp³-hybridized carbons (Fsp3) is 0.100. The Bertz CT molecular complexity index is 810. The topological polar surface area (TPSA) is 12.0 Å². The van der Waals surface area contributed by atoms with Gasteiger partial charge in [0.05, 0.1) is 0 Å². The average molecular weight is 413 g/mol. The molecule has 0 saturated carbocycles. The number of rotatable bonds is 3. The summed E-state index contributed by atoms with van der Waals surface area (Å²) in [5.41, 5.74) is 1.41. The molecular formula is C20H18ClGeNS. The molecule has 120 valence electrons. The zero-order chi connectivity index (χ0) is 16.4. The Kier molecular flexibility index (Phi) is 4.73. The predicted octanol–water partition coefficient (Wildman–Crippen LogP) is 3.97. The molecule has 3 aromatic rings. The summed E-state index contributed by atoms with van der Waals surface area (Å²) in [6, 6.07) is 30.2. The minimum atomic E-state index is -2.68. The summed E-state index contributed by atoms with van der Waals surface area (Å²) in [5.74, 6) is 0. The first kappa shape index (κ1) is 16.3. The van der Waals surface area contributed by atoms with Gasteiger partial charge in [-0.05, 0) is 0 Å². The fourth-order valence-corrected chi connectivity index (χ4v) is 18.4. The van der Waals surface area contributed by atoms with E-state index < -0.39 is 12.3 Å². The summed E-state index contributed by atoms with van der Waals surface area (Å²) in [6.45, 7) is 1.02. The molecular weight excluding hydrogens is 394 g/mol. The van der Waals surface area contributed by atoms with Crippen LogP contribution in [-0.4, -0.2) is 18.9 Å². The van der Waals surface area contributed by atoms with Crippen LogP contribution in [0.5, 0.6) is 0 Å². The van der Waals surface area contributed by atoms with Gasteiger partial charge in [0.1, 0.15) is 0 Å². The van der Waals surface area contributed by atoms with Crippen LogP contribution >= 0.6 is 21.7 Å². The van der Waals surface area contributed by atoms with Crippen molar-refractivity contribution in [3.8, 4) is 0 Å². The molecule has 24 heavy (non-hydrogen) atoms. The van der Waals surface area contributed by atoms with Crippen molar-refractivity contribution in [1.82, 2.24) is 4.27 Å². The van der Waals surface area contributed by atoms with E-state index in [0.717, 1.165) is 11.6 Å². The first-order valence-corrected chi connectivity index (χ1v) is 15.0. The van der Waals surface area contributed by atoms with E-state index in [1.807, 2.05) is 12.1 Å². The van der Waals surface area contributed by atoms with Crippen LogP contribution in [0.2, 0.25) is 5.02 Å². The Morgan fingerprint density at radius 3 is 2.04 bits per heavy atom. The molecule has 3 aromatic carbocycles. The van der Waals surface area contributed by atoms with Gasteiger partial charge in [-0.3, -0.25) is 0 Å². The summed E-state index contributed by atoms with van der Waals surface area (Å²) in [6.07, 6.45) is 0. The second-order valence-corrected chi connectivity index (χ2v) is 17.9. The first-order chi connectivity index (χ1) is 11.8. The summed E-state index contributed by atoms with van der Waals surface area (Å²) < 4.78 is 6.86. The van der Waals surface area contributed by atoms with E-state index in [0.29, 0.717) is 5.25 Å². The number of halogens is 1.